The number of aromatic nitrogens is 2. The Morgan fingerprint density at radius 3 is 2.46 bits per heavy atom. The van der Waals surface area contributed by atoms with E-state index in [1.54, 1.807) is 17.0 Å². The maximum atomic E-state index is 13.0. The molecule has 0 bridgehead atoms. The molecule has 10 heteroatoms. The van der Waals surface area contributed by atoms with Gasteiger partial charge in [-0.05, 0) is 30.5 Å². The molecule has 2 aromatic rings. The summed E-state index contributed by atoms with van der Waals surface area (Å²) in [6, 6.07) is 6.78. The van der Waals surface area contributed by atoms with E-state index >= 15 is 0 Å². The highest BCUT2D eigenvalue weighted by Gasteiger charge is 2.26. The maximum Gasteiger partial charge on any atom is 0.358 e. The number of benzene rings is 1. The van der Waals surface area contributed by atoms with Crippen molar-refractivity contribution >= 4 is 23.7 Å². The summed E-state index contributed by atoms with van der Waals surface area (Å²) >= 11 is 0. The van der Waals surface area contributed by atoms with Crippen molar-refractivity contribution in [3.63, 3.8) is 0 Å². The lowest BCUT2D eigenvalue weighted by molar-refractivity contribution is 0.0667. The van der Waals surface area contributed by atoms with Crippen molar-refractivity contribution in [2.24, 2.45) is 5.92 Å². The van der Waals surface area contributed by atoms with Crippen molar-refractivity contribution in [3.8, 4) is 5.75 Å². The molecule has 2 aliphatic rings. The lowest BCUT2D eigenvalue weighted by atomic mass is 9.87. The fourth-order valence-electron chi connectivity index (χ4n) is 4.60. The monoisotopic (exact) mass is 481 g/mol. The van der Waals surface area contributed by atoms with Crippen LogP contribution in [0.1, 0.15) is 59.4 Å². The topological polar surface area (TPSA) is 125 Å². The van der Waals surface area contributed by atoms with Gasteiger partial charge in [0.1, 0.15) is 5.75 Å². The SMILES string of the molecule is O=C(O)c1nccnc1NC(=O)N1CCN(C(=O)c2cccc(OCCC3CCCCC3)c2)CC1. The van der Waals surface area contributed by atoms with Crippen LogP contribution in [0.5, 0.6) is 5.75 Å². The van der Waals surface area contributed by atoms with Gasteiger partial charge >= 0.3 is 12.0 Å². The van der Waals surface area contributed by atoms with Gasteiger partial charge in [0.15, 0.2) is 11.5 Å². The molecule has 0 atom stereocenters. The number of hydrogen-bond acceptors (Lipinski definition) is 6. The summed E-state index contributed by atoms with van der Waals surface area (Å²) in [5, 5.41) is 11.7. The van der Waals surface area contributed by atoms with Crippen LogP contribution in [-0.2, 0) is 0 Å². The molecule has 3 amide bonds. The summed E-state index contributed by atoms with van der Waals surface area (Å²) in [6.45, 7) is 2.03. The Morgan fingerprint density at radius 2 is 1.71 bits per heavy atom. The second-order valence-corrected chi connectivity index (χ2v) is 8.94. The van der Waals surface area contributed by atoms with Gasteiger partial charge in [0, 0.05) is 44.1 Å². The van der Waals surface area contributed by atoms with E-state index in [0.717, 1.165) is 12.3 Å². The predicted molar refractivity (Wildman–Crippen MR) is 129 cm³/mol. The molecule has 0 radical (unpaired) electrons. The number of urea groups is 1. The molecule has 1 aromatic carbocycles. The number of carboxylic acids is 1. The molecule has 0 unspecified atom stereocenters. The van der Waals surface area contributed by atoms with Crippen LogP contribution in [0.15, 0.2) is 36.7 Å². The molecule has 1 aromatic heterocycles. The Kier molecular flexibility index (Phi) is 8.12. The van der Waals surface area contributed by atoms with Gasteiger partial charge < -0.3 is 19.6 Å². The number of anilines is 1. The lowest BCUT2D eigenvalue weighted by Gasteiger charge is -2.34. The minimum absolute atomic E-state index is 0.107. The fourth-order valence-corrected chi connectivity index (χ4v) is 4.60. The Morgan fingerprint density at radius 1 is 1.00 bits per heavy atom. The van der Waals surface area contributed by atoms with Crippen LogP contribution in [-0.4, -0.2) is 75.6 Å². The number of carbonyl (C=O) groups excluding carboxylic acids is 2. The number of carbonyl (C=O) groups is 3. The minimum Gasteiger partial charge on any atom is -0.494 e. The van der Waals surface area contributed by atoms with E-state index in [1.807, 2.05) is 12.1 Å². The molecule has 1 saturated heterocycles. The number of carboxylic acid groups (broad SMARTS) is 1. The first-order valence-electron chi connectivity index (χ1n) is 12.1. The van der Waals surface area contributed by atoms with Crippen molar-refractivity contribution in [3.05, 3.63) is 47.9 Å². The number of nitrogens with one attached hydrogen (secondary N) is 1. The number of amides is 3. The van der Waals surface area contributed by atoms with E-state index in [4.69, 9.17) is 4.74 Å². The molecular weight excluding hydrogens is 450 g/mol. The molecule has 1 saturated carbocycles. The lowest BCUT2D eigenvalue weighted by Crippen LogP contribution is -2.51. The number of rotatable bonds is 7. The number of nitrogens with zero attached hydrogens (tertiary/aromatic N) is 4. The zero-order valence-electron chi connectivity index (χ0n) is 19.7. The van der Waals surface area contributed by atoms with Crippen LogP contribution in [0.2, 0.25) is 0 Å². The van der Waals surface area contributed by atoms with E-state index < -0.39 is 12.0 Å². The zero-order chi connectivity index (χ0) is 24.6. The molecule has 10 nitrogen and oxygen atoms in total. The Balaban J connectivity index is 1.27. The summed E-state index contributed by atoms with van der Waals surface area (Å²) < 4.78 is 5.93. The van der Waals surface area contributed by atoms with Crippen LogP contribution in [0.25, 0.3) is 0 Å². The Hall–Kier alpha value is -3.69. The van der Waals surface area contributed by atoms with Gasteiger partial charge in [-0.15, -0.1) is 0 Å². The van der Waals surface area contributed by atoms with Crippen LogP contribution in [0, 0.1) is 5.92 Å². The first-order valence-corrected chi connectivity index (χ1v) is 12.1. The average molecular weight is 482 g/mol. The highest BCUT2D eigenvalue weighted by molar-refractivity contribution is 5.97. The average Bonchev–Trinajstić information content (AvgIpc) is 2.89. The maximum absolute atomic E-state index is 13.0. The molecule has 186 valence electrons. The molecule has 1 aliphatic carbocycles. The first-order chi connectivity index (χ1) is 17.0. The van der Waals surface area contributed by atoms with Crippen LogP contribution < -0.4 is 10.1 Å². The third-order valence-electron chi connectivity index (χ3n) is 6.58. The fraction of sp³-hybridized carbons (Fsp3) is 0.480. The van der Waals surface area contributed by atoms with Crippen molar-refractivity contribution in [2.75, 3.05) is 38.1 Å². The highest BCUT2D eigenvalue weighted by atomic mass is 16.5. The van der Waals surface area contributed by atoms with E-state index in [1.165, 1.54) is 49.4 Å². The second-order valence-electron chi connectivity index (χ2n) is 8.94. The van der Waals surface area contributed by atoms with Gasteiger partial charge in [-0.25, -0.2) is 19.6 Å². The molecule has 35 heavy (non-hydrogen) atoms. The standard InChI is InChI=1S/C25H31N5O5/c31-23(19-7-4-8-20(17-19)35-16-9-18-5-2-1-3-6-18)29-12-14-30(15-13-29)25(34)28-22-21(24(32)33)26-10-11-27-22/h4,7-8,10-11,17-18H,1-3,5-6,9,12-16H2,(H,32,33)(H,27,28,34). The molecule has 1 aliphatic heterocycles. The predicted octanol–water partition coefficient (Wildman–Crippen LogP) is 3.51. The minimum atomic E-state index is -1.27. The molecule has 4 rings (SSSR count). The van der Waals surface area contributed by atoms with E-state index in [9.17, 15) is 19.5 Å². The van der Waals surface area contributed by atoms with Crippen LogP contribution >= 0.6 is 0 Å². The number of aromatic carboxylic acids is 1. The number of piperazine rings is 1. The summed E-state index contributed by atoms with van der Waals surface area (Å²) in [6.07, 6.45) is 10.1. The van der Waals surface area contributed by atoms with Crippen molar-refractivity contribution in [1.82, 2.24) is 19.8 Å². The van der Waals surface area contributed by atoms with Crippen molar-refractivity contribution in [1.29, 1.82) is 0 Å². The van der Waals surface area contributed by atoms with Crippen LogP contribution in [0.4, 0.5) is 10.6 Å². The van der Waals surface area contributed by atoms with Gasteiger partial charge in [-0.1, -0.05) is 38.2 Å². The molecule has 2 fully saturated rings. The van der Waals surface area contributed by atoms with E-state index in [2.05, 4.69) is 15.3 Å². The van der Waals surface area contributed by atoms with E-state index in [-0.39, 0.29) is 17.4 Å². The van der Waals surface area contributed by atoms with Gasteiger partial charge in [0.05, 0.1) is 6.61 Å². The van der Waals surface area contributed by atoms with Gasteiger partial charge in [0.25, 0.3) is 5.91 Å². The van der Waals surface area contributed by atoms with Crippen molar-refractivity contribution < 1.29 is 24.2 Å². The Bertz CT molecular complexity index is 1050. The summed E-state index contributed by atoms with van der Waals surface area (Å²) in [5.41, 5.74) is 0.235. The first kappa shape index (κ1) is 24.4. The summed E-state index contributed by atoms with van der Waals surface area (Å²) in [5.74, 6) is -0.0488. The highest BCUT2D eigenvalue weighted by Crippen LogP contribution is 2.26. The second kappa shape index (κ2) is 11.6. The quantitative estimate of drug-likeness (QED) is 0.620. The number of hydrogen-bond donors (Lipinski definition) is 2. The normalized spacial score (nSPS) is 16.6. The number of ether oxygens (including phenoxy) is 1. The van der Waals surface area contributed by atoms with Gasteiger partial charge in [-0.3, -0.25) is 10.1 Å². The summed E-state index contributed by atoms with van der Waals surface area (Å²) in [4.78, 5) is 47.7. The molecular formula is C25H31N5O5. The largest absolute Gasteiger partial charge is 0.494 e. The molecule has 0 spiro atoms. The van der Waals surface area contributed by atoms with E-state index in [0.29, 0.717) is 44.1 Å². The zero-order valence-corrected chi connectivity index (χ0v) is 19.7. The summed E-state index contributed by atoms with van der Waals surface area (Å²) in [7, 11) is 0. The van der Waals surface area contributed by atoms with Crippen molar-refractivity contribution in [2.45, 2.75) is 38.5 Å². The third kappa shape index (κ3) is 6.46. The smallest absolute Gasteiger partial charge is 0.358 e. The molecule has 2 N–H and O–H groups in total. The molecule has 2 heterocycles. The third-order valence-corrected chi connectivity index (χ3v) is 6.58. The van der Waals surface area contributed by atoms with Gasteiger partial charge in [-0.2, -0.15) is 0 Å². The van der Waals surface area contributed by atoms with Crippen LogP contribution in [0.3, 0.4) is 0 Å². The Labute approximate surface area is 204 Å². The van der Waals surface area contributed by atoms with Gasteiger partial charge in [0.2, 0.25) is 0 Å².